The van der Waals surface area contributed by atoms with E-state index in [1.54, 1.807) is 0 Å². The molecule has 0 radical (unpaired) electrons. The maximum Gasteiger partial charge on any atom is 0.233 e. The first-order valence-corrected chi connectivity index (χ1v) is 5.28. The predicted octanol–water partition coefficient (Wildman–Crippen LogP) is 0.901. The van der Waals surface area contributed by atoms with E-state index in [0.29, 0.717) is 12.6 Å². The molecule has 3 nitrogen and oxygen atoms in total. The Morgan fingerprint density at radius 1 is 1.46 bits per heavy atom. The van der Waals surface area contributed by atoms with Crippen LogP contribution in [0.25, 0.3) is 0 Å². The van der Waals surface area contributed by atoms with Crippen molar-refractivity contribution in [2.24, 2.45) is 5.92 Å². The lowest BCUT2D eigenvalue weighted by Crippen LogP contribution is -2.35. The van der Waals surface area contributed by atoms with Gasteiger partial charge in [-0.2, -0.15) is 0 Å². The molecule has 0 saturated heterocycles. The number of likely N-dealkylation sites (N-methyl/N-ethyl adjacent to an activating group) is 1. The Hall–Kier alpha value is -0.570. The lowest BCUT2D eigenvalue weighted by Gasteiger charge is -2.03. The lowest BCUT2D eigenvalue weighted by molar-refractivity contribution is -0.120. The van der Waals surface area contributed by atoms with Gasteiger partial charge in [0.25, 0.3) is 0 Å². The molecule has 0 aromatic heterocycles. The van der Waals surface area contributed by atoms with E-state index >= 15 is 0 Å². The number of carbonyl (C=O) groups excluding carboxylic acids is 1. The van der Waals surface area contributed by atoms with Crippen LogP contribution in [0.15, 0.2) is 0 Å². The van der Waals surface area contributed by atoms with Gasteiger partial charge in [0, 0.05) is 12.6 Å². The van der Waals surface area contributed by atoms with E-state index < -0.39 is 0 Å². The number of rotatable bonds is 6. The number of hydrogen-bond acceptors (Lipinski definition) is 2. The molecular formula is C10H20N2O. The van der Waals surface area contributed by atoms with Crippen molar-refractivity contribution in [3.63, 3.8) is 0 Å². The maximum absolute atomic E-state index is 11.1. The van der Waals surface area contributed by atoms with Crippen molar-refractivity contribution in [3.05, 3.63) is 0 Å². The molecular weight excluding hydrogens is 164 g/mol. The van der Waals surface area contributed by atoms with Gasteiger partial charge in [-0.15, -0.1) is 0 Å². The SMILES string of the molecule is CCCC1CC1NCC(=O)NCC. The van der Waals surface area contributed by atoms with Crippen molar-refractivity contribution in [2.75, 3.05) is 13.1 Å². The Morgan fingerprint density at radius 3 is 2.85 bits per heavy atom. The summed E-state index contributed by atoms with van der Waals surface area (Å²) in [4.78, 5) is 11.1. The van der Waals surface area contributed by atoms with Gasteiger partial charge in [-0.1, -0.05) is 13.3 Å². The zero-order chi connectivity index (χ0) is 9.68. The van der Waals surface area contributed by atoms with E-state index in [0.717, 1.165) is 12.5 Å². The molecule has 1 aliphatic rings. The van der Waals surface area contributed by atoms with Crippen LogP contribution in [0.5, 0.6) is 0 Å². The van der Waals surface area contributed by atoms with Crippen LogP contribution in [0.4, 0.5) is 0 Å². The number of nitrogens with one attached hydrogen (secondary N) is 2. The fourth-order valence-electron chi connectivity index (χ4n) is 1.67. The van der Waals surface area contributed by atoms with Gasteiger partial charge in [0.05, 0.1) is 6.54 Å². The monoisotopic (exact) mass is 184 g/mol. The fourth-order valence-corrected chi connectivity index (χ4v) is 1.67. The minimum Gasteiger partial charge on any atom is -0.355 e. The molecule has 1 rings (SSSR count). The topological polar surface area (TPSA) is 41.1 Å². The van der Waals surface area contributed by atoms with E-state index in [9.17, 15) is 4.79 Å². The molecule has 1 saturated carbocycles. The summed E-state index contributed by atoms with van der Waals surface area (Å²) in [6.07, 6.45) is 3.81. The number of amides is 1. The van der Waals surface area contributed by atoms with Crippen LogP contribution in [0, 0.1) is 5.92 Å². The molecule has 76 valence electrons. The third-order valence-electron chi connectivity index (χ3n) is 2.48. The fraction of sp³-hybridized carbons (Fsp3) is 0.900. The van der Waals surface area contributed by atoms with Crippen molar-refractivity contribution in [3.8, 4) is 0 Å². The molecule has 1 fully saturated rings. The first kappa shape index (κ1) is 10.5. The first-order chi connectivity index (χ1) is 6.27. The summed E-state index contributed by atoms with van der Waals surface area (Å²) >= 11 is 0. The summed E-state index contributed by atoms with van der Waals surface area (Å²) in [6.45, 7) is 5.36. The minimum absolute atomic E-state index is 0.115. The largest absolute Gasteiger partial charge is 0.355 e. The summed E-state index contributed by atoms with van der Waals surface area (Å²) in [5.41, 5.74) is 0. The standard InChI is InChI=1S/C10H20N2O/c1-3-5-8-6-9(8)12-7-10(13)11-4-2/h8-9,12H,3-7H2,1-2H3,(H,11,13). The van der Waals surface area contributed by atoms with Gasteiger partial charge >= 0.3 is 0 Å². The third kappa shape index (κ3) is 3.77. The van der Waals surface area contributed by atoms with Crippen LogP contribution in [-0.2, 0) is 4.79 Å². The molecule has 0 bridgehead atoms. The second kappa shape index (κ2) is 5.22. The van der Waals surface area contributed by atoms with Crippen LogP contribution in [0.1, 0.15) is 33.1 Å². The van der Waals surface area contributed by atoms with Crippen molar-refractivity contribution in [2.45, 2.75) is 39.2 Å². The van der Waals surface area contributed by atoms with Crippen molar-refractivity contribution in [1.82, 2.24) is 10.6 Å². The van der Waals surface area contributed by atoms with E-state index in [1.807, 2.05) is 6.92 Å². The van der Waals surface area contributed by atoms with Crippen LogP contribution in [0.2, 0.25) is 0 Å². The Bertz CT molecular complexity index is 170. The molecule has 2 atom stereocenters. The molecule has 2 unspecified atom stereocenters. The second-order valence-corrected chi connectivity index (χ2v) is 3.73. The number of hydrogen-bond donors (Lipinski definition) is 2. The van der Waals surface area contributed by atoms with Crippen molar-refractivity contribution < 1.29 is 4.79 Å². The molecule has 3 heteroatoms. The highest BCUT2D eigenvalue weighted by Crippen LogP contribution is 2.34. The summed E-state index contributed by atoms with van der Waals surface area (Å²) in [5.74, 6) is 0.948. The molecule has 0 aliphatic heterocycles. The smallest absolute Gasteiger partial charge is 0.233 e. The van der Waals surface area contributed by atoms with Crippen LogP contribution in [-0.4, -0.2) is 25.0 Å². The zero-order valence-corrected chi connectivity index (χ0v) is 8.60. The molecule has 1 aliphatic carbocycles. The van der Waals surface area contributed by atoms with Gasteiger partial charge in [-0.3, -0.25) is 4.79 Å². The highest BCUT2D eigenvalue weighted by molar-refractivity contribution is 5.77. The summed E-state index contributed by atoms with van der Waals surface area (Å²) < 4.78 is 0. The Morgan fingerprint density at radius 2 is 2.23 bits per heavy atom. The number of carbonyl (C=O) groups is 1. The van der Waals surface area contributed by atoms with Crippen LogP contribution >= 0.6 is 0 Å². The first-order valence-electron chi connectivity index (χ1n) is 5.28. The Balaban J connectivity index is 1.99. The van der Waals surface area contributed by atoms with Gasteiger partial charge in [-0.05, 0) is 25.7 Å². The van der Waals surface area contributed by atoms with E-state index in [2.05, 4.69) is 17.6 Å². The zero-order valence-electron chi connectivity index (χ0n) is 8.60. The molecule has 0 heterocycles. The van der Waals surface area contributed by atoms with E-state index in [4.69, 9.17) is 0 Å². The van der Waals surface area contributed by atoms with Gasteiger partial charge in [-0.25, -0.2) is 0 Å². The third-order valence-corrected chi connectivity index (χ3v) is 2.48. The van der Waals surface area contributed by atoms with Gasteiger partial charge in [0.2, 0.25) is 5.91 Å². The van der Waals surface area contributed by atoms with Gasteiger partial charge < -0.3 is 10.6 Å². The second-order valence-electron chi connectivity index (χ2n) is 3.73. The average Bonchev–Trinajstić information content (AvgIpc) is 2.82. The summed E-state index contributed by atoms with van der Waals surface area (Å²) in [7, 11) is 0. The molecule has 0 spiro atoms. The van der Waals surface area contributed by atoms with Crippen LogP contribution < -0.4 is 10.6 Å². The summed E-state index contributed by atoms with van der Waals surface area (Å²) in [5, 5.41) is 6.04. The molecule has 2 N–H and O–H groups in total. The molecule has 0 aromatic rings. The summed E-state index contributed by atoms with van der Waals surface area (Å²) in [6, 6.07) is 0.613. The van der Waals surface area contributed by atoms with E-state index in [-0.39, 0.29) is 5.91 Å². The predicted molar refractivity (Wildman–Crippen MR) is 53.5 cm³/mol. The molecule has 0 aromatic carbocycles. The molecule has 13 heavy (non-hydrogen) atoms. The highest BCUT2D eigenvalue weighted by atomic mass is 16.1. The van der Waals surface area contributed by atoms with Gasteiger partial charge in [0.1, 0.15) is 0 Å². The van der Waals surface area contributed by atoms with Crippen molar-refractivity contribution >= 4 is 5.91 Å². The average molecular weight is 184 g/mol. The van der Waals surface area contributed by atoms with Crippen LogP contribution in [0.3, 0.4) is 0 Å². The van der Waals surface area contributed by atoms with Crippen molar-refractivity contribution in [1.29, 1.82) is 0 Å². The molecule has 1 amide bonds. The highest BCUT2D eigenvalue weighted by Gasteiger charge is 2.35. The minimum atomic E-state index is 0.115. The Kier molecular flexibility index (Phi) is 4.22. The van der Waals surface area contributed by atoms with Gasteiger partial charge in [0.15, 0.2) is 0 Å². The Labute approximate surface area is 80.3 Å². The maximum atomic E-state index is 11.1. The van der Waals surface area contributed by atoms with E-state index in [1.165, 1.54) is 19.3 Å². The lowest BCUT2D eigenvalue weighted by atomic mass is 10.2. The quantitative estimate of drug-likeness (QED) is 0.644. The normalized spacial score (nSPS) is 25.7.